The van der Waals surface area contributed by atoms with Crippen molar-refractivity contribution in [2.24, 2.45) is 5.84 Å². The van der Waals surface area contributed by atoms with E-state index in [1.807, 2.05) is 0 Å². The lowest BCUT2D eigenvalue weighted by molar-refractivity contribution is -0.136. The first-order chi connectivity index (χ1) is 8.34. The summed E-state index contributed by atoms with van der Waals surface area (Å²) in [6.45, 7) is 1.43. The van der Waals surface area contributed by atoms with Gasteiger partial charge in [0.25, 0.3) is 0 Å². The van der Waals surface area contributed by atoms with Crippen LogP contribution in [0.3, 0.4) is 0 Å². The summed E-state index contributed by atoms with van der Waals surface area (Å²) in [4.78, 5) is 8.05. The molecule has 0 aromatic carbocycles. The molecule has 0 bridgehead atoms. The molecule has 0 spiro atoms. The molecule has 0 saturated carbocycles. The van der Waals surface area contributed by atoms with Crippen molar-refractivity contribution in [2.45, 2.75) is 30.7 Å². The van der Waals surface area contributed by atoms with E-state index < -0.39 is 18.6 Å². The molecule has 0 amide bonds. The van der Waals surface area contributed by atoms with E-state index in [4.69, 9.17) is 5.84 Å². The summed E-state index contributed by atoms with van der Waals surface area (Å²) in [7, 11) is 0. The summed E-state index contributed by atoms with van der Waals surface area (Å²) in [5.41, 5.74) is 2.34. The van der Waals surface area contributed by atoms with Gasteiger partial charge < -0.3 is 10.7 Å². The molecule has 18 heavy (non-hydrogen) atoms. The average Bonchev–Trinajstić information content (AvgIpc) is 2.25. The van der Waals surface area contributed by atoms with E-state index in [-0.39, 0.29) is 0 Å². The maximum absolute atomic E-state index is 12.2. The Morgan fingerprint density at radius 2 is 2.00 bits per heavy atom. The molecule has 0 aliphatic rings. The quantitative estimate of drug-likeness (QED) is 0.332. The SMILES string of the molecule is CSc1nc(NN)cc(NC(C)CC(F)(F)F)n1. The average molecular weight is 281 g/mol. The van der Waals surface area contributed by atoms with Crippen LogP contribution in [0, 0.1) is 0 Å². The zero-order valence-corrected chi connectivity index (χ0v) is 10.7. The van der Waals surface area contributed by atoms with Crippen molar-refractivity contribution < 1.29 is 13.2 Å². The molecule has 1 aromatic rings. The molecule has 5 nitrogen and oxygen atoms in total. The molecule has 0 aliphatic heterocycles. The molecule has 0 radical (unpaired) electrons. The molecule has 102 valence electrons. The van der Waals surface area contributed by atoms with Crippen molar-refractivity contribution in [2.75, 3.05) is 17.0 Å². The highest BCUT2D eigenvalue weighted by Crippen LogP contribution is 2.24. The maximum atomic E-state index is 12.2. The van der Waals surface area contributed by atoms with Gasteiger partial charge in [0.1, 0.15) is 11.6 Å². The molecule has 1 rings (SSSR count). The fourth-order valence-electron chi connectivity index (χ4n) is 1.31. The molecule has 0 aliphatic carbocycles. The number of nitrogens with zero attached hydrogens (tertiary/aromatic N) is 2. The van der Waals surface area contributed by atoms with Gasteiger partial charge in [0.2, 0.25) is 0 Å². The maximum Gasteiger partial charge on any atom is 0.391 e. The largest absolute Gasteiger partial charge is 0.391 e. The highest BCUT2D eigenvalue weighted by atomic mass is 32.2. The number of anilines is 2. The number of hydrogen-bond acceptors (Lipinski definition) is 6. The third-order valence-electron chi connectivity index (χ3n) is 1.97. The van der Waals surface area contributed by atoms with Crippen LogP contribution in [0.25, 0.3) is 0 Å². The van der Waals surface area contributed by atoms with E-state index in [1.54, 1.807) is 6.26 Å². The van der Waals surface area contributed by atoms with Crippen LogP contribution in [-0.4, -0.2) is 28.4 Å². The lowest BCUT2D eigenvalue weighted by Gasteiger charge is -2.17. The first kappa shape index (κ1) is 14.8. The molecule has 0 fully saturated rings. The summed E-state index contributed by atoms with van der Waals surface area (Å²) in [6, 6.07) is 0.673. The minimum Gasteiger partial charge on any atom is -0.367 e. The Morgan fingerprint density at radius 1 is 1.39 bits per heavy atom. The van der Waals surface area contributed by atoms with E-state index in [9.17, 15) is 13.2 Å². The van der Waals surface area contributed by atoms with Gasteiger partial charge in [-0.1, -0.05) is 11.8 Å². The number of hydrogen-bond donors (Lipinski definition) is 3. The van der Waals surface area contributed by atoms with Crippen molar-refractivity contribution in [1.82, 2.24) is 9.97 Å². The Bertz CT molecular complexity index is 376. The van der Waals surface area contributed by atoms with Crippen LogP contribution >= 0.6 is 11.8 Å². The fraction of sp³-hybridized carbons (Fsp3) is 0.556. The number of alkyl halides is 3. The zero-order valence-electron chi connectivity index (χ0n) is 9.88. The number of halogens is 3. The minimum atomic E-state index is -4.21. The summed E-state index contributed by atoms with van der Waals surface area (Å²) in [5.74, 6) is 5.87. The van der Waals surface area contributed by atoms with E-state index in [0.29, 0.717) is 16.8 Å². The highest BCUT2D eigenvalue weighted by molar-refractivity contribution is 7.98. The predicted octanol–water partition coefficient (Wildman–Crippen LogP) is 2.24. The fourth-order valence-corrected chi connectivity index (χ4v) is 1.69. The number of nitrogen functional groups attached to an aromatic ring is 1. The van der Waals surface area contributed by atoms with Crippen LogP contribution < -0.4 is 16.6 Å². The normalized spacial score (nSPS) is 13.2. The molecule has 1 unspecified atom stereocenters. The number of aromatic nitrogens is 2. The molecular formula is C9H14F3N5S. The molecular weight excluding hydrogens is 267 g/mol. The predicted molar refractivity (Wildman–Crippen MR) is 65.4 cm³/mol. The number of hydrazine groups is 1. The lowest BCUT2D eigenvalue weighted by Crippen LogP contribution is -2.24. The second kappa shape index (κ2) is 6.10. The van der Waals surface area contributed by atoms with Gasteiger partial charge in [-0.2, -0.15) is 13.2 Å². The Morgan fingerprint density at radius 3 is 2.50 bits per heavy atom. The van der Waals surface area contributed by atoms with Crippen molar-refractivity contribution >= 4 is 23.4 Å². The van der Waals surface area contributed by atoms with Crippen LogP contribution in [-0.2, 0) is 0 Å². The van der Waals surface area contributed by atoms with Crippen LogP contribution in [0.5, 0.6) is 0 Å². The molecule has 9 heteroatoms. The number of nitrogens with one attached hydrogen (secondary N) is 2. The van der Waals surface area contributed by atoms with E-state index in [0.717, 1.165) is 0 Å². The van der Waals surface area contributed by atoms with Crippen LogP contribution in [0.15, 0.2) is 11.2 Å². The van der Waals surface area contributed by atoms with Gasteiger partial charge in [0, 0.05) is 12.1 Å². The lowest BCUT2D eigenvalue weighted by atomic mass is 10.2. The van der Waals surface area contributed by atoms with Crippen molar-refractivity contribution in [1.29, 1.82) is 0 Å². The topological polar surface area (TPSA) is 75.9 Å². The molecule has 0 saturated heterocycles. The number of nitrogens with two attached hydrogens (primary N) is 1. The van der Waals surface area contributed by atoms with Gasteiger partial charge in [0.05, 0.1) is 6.42 Å². The summed E-state index contributed by atoms with van der Waals surface area (Å²) < 4.78 is 36.6. The van der Waals surface area contributed by atoms with E-state index >= 15 is 0 Å². The summed E-state index contributed by atoms with van der Waals surface area (Å²) in [6.07, 6.45) is -3.38. The smallest absolute Gasteiger partial charge is 0.367 e. The molecule has 1 atom stereocenters. The molecule has 1 heterocycles. The van der Waals surface area contributed by atoms with Gasteiger partial charge in [-0.05, 0) is 13.2 Å². The Kier molecular flexibility index (Phi) is 5.03. The van der Waals surface area contributed by atoms with Gasteiger partial charge in [0.15, 0.2) is 5.16 Å². The van der Waals surface area contributed by atoms with E-state index in [2.05, 4.69) is 20.7 Å². The number of thioether (sulfide) groups is 1. The third-order valence-corrected chi connectivity index (χ3v) is 2.52. The second-order valence-electron chi connectivity index (χ2n) is 3.63. The van der Waals surface area contributed by atoms with Crippen molar-refractivity contribution in [3.8, 4) is 0 Å². The highest BCUT2D eigenvalue weighted by Gasteiger charge is 2.30. The Balaban J connectivity index is 2.77. The van der Waals surface area contributed by atoms with Gasteiger partial charge in [-0.25, -0.2) is 15.8 Å². The van der Waals surface area contributed by atoms with Gasteiger partial charge >= 0.3 is 6.18 Å². The van der Waals surface area contributed by atoms with Crippen LogP contribution in [0.1, 0.15) is 13.3 Å². The monoisotopic (exact) mass is 281 g/mol. The van der Waals surface area contributed by atoms with Crippen molar-refractivity contribution in [3.63, 3.8) is 0 Å². The third kappa shape index (κ3) is 4.96. The number of rotatable bonds is 5. The summed E-state index contributed by atoms with van der Waals surface area (Å²) in [5, 5.41) is 3.09. The first-order valence-electron chi connectivity index (χ1n) is 5.07. The second-order valence-corrected chi connectivity index (χ2v) is 4.41. The van der Waals surface area contributed by atoms with Crippen LogP contribution in [0.2, 0.25) is 0 Å². The minimum absolute atomic E-state index is 0.305. The van der Waals surface area contributed by atoms with Gasteiger partial charge in [-0.15, -0.1) is 0 Å². The van der Waals surface area contributed by atoms with E-state index in [1.165, 1.54) is 24.8 Å². The summed E-state index contributed by atoms with van der Waals surface area (Å²) >= 11 is 1.27. The van der Waals surface area contributed by atoms with Crippen molar-refractivity contribution in [3.05, 3.63) is 6.07 Å². The van der Waals surface area contributed by atoms with Crippen LogP contribution in [0.4, 0.5) is 24.8 Å². The molecule has 1 aromatic heterocycles. The standard InChI is InChI=1S/C9H14F3N5S/c1-5(4-9(10,11)12)14-6-3-7(17-13)16-8(15-6)18-2/h3,5H,4,13H2,1-2H3,(H2,14,15,16,17). The Hall–Kier alpha value is -1.22. The Labute approximate surface area is 107 Å². The van der Waals surface area contributed by atoms with Gasteiger partial charge in [-0.3, -0.25) is 0 Å². The zero-order chi connectivity index (χ0) is 13.8. The molecule has 4 N–H and O–H groups in total. The first-order valence-corrected chi connectivity index (χ1v) is 6.29.